The van der Waals surface area contributed by atoms with Gasteiger partial charge in [0.2, 0.25) is 0 Å². The Morgan fingerprint density at radius 1 is 1.18 bits per heavy atom. The first-order valence-electron chi connectivity index (χ1n) is 7.53. The summed E-state index contributed by atoms with van der Waals surface area (Å²) in [5, 5.41) is 6.55. The van der Waals surface area contributed by atoms with Crippen LogP contribution in [0.3, 0.4) is 0 Å². The lowest BCUT2D eigenvalue weighted by molar-refractivity contribution is 0.415. The summed E-state index contributed by atoms with van der Waals surface area (Å²) in [6.45, 7) is 16.7. The molecule has 3 heteroatoms. The molecule has 0 aliphatic rings. The number of hydrogen-bond acceptors (Lipinski definition) is 3. The number of allylic oxidation sites excluding steroid dienone is 3. The topological polar surface area (TPSA) is 33.3 Å². The molecule has 0 aliphatic carbocycles. The second-order valence-corrected chi connectivity index (χ2v) is 6.26. The van der Waals surface area contributed by atoms with Crippen molar-refractivity contribution in [1.29, 1.82) is 0 Å². The highest BCUT2D eigenvalue weighted by Crippen LogP contribution is 2.25. The molecule has 0 aliphatic heterocycles. The van der Waals surface area contributed by atoms with Gasteiger partial charge in [0.1, 0.15) is 5.75 Å². The first-order chi connectivity index (χ1) is 10.3. The van der Waals surface area contributed by atoms with Gasteiger partial charge in [-0.1, -0.05) is 40.9 Å². The molecule has 0 saturated carbocycles. The maximum absolute atomic E-state index is 5.15. The van der Waals surface area contributed by atoms with Crippen molar-refractivity contribution in [1.82, 2.24) is 5.32 Å². The van der Waals surface area contributed by atoms with Gasteiger partial charge in [-0.25, -0.2) is 0 Å². The second-order valence-electron chi connectivity index (χ2n) is 6.26. The molecule has 0 heterocycles. The molecule has 0 spiro atoms. The van der Waals surface area contributed by atoms with Crippen LogP contribution in [0.15, 0.2) is 60.6 Å². The lowest BCUT2D eigenvalue weighted by Crippen LogP contribution is -2.19. The third-order valence-electron chi connectivity index (χ3n) is 3.39. The first-order valence-corrected chi connectivity index (χ1v) is 7.53. The molecule has 3 nitrogen and oxygen atoms in total. The molecule has 120 valence electrons. The molecular formula is C19H28N2O. The predicted molar refractivity (Wildman–Crippen MR) is 95.9 cm³/mol. The maximum atomic E-state index is 5.15. The molecule has 2 N–H and O–H groups in total. The van der Waals surface area contributed by atoms with Crippen molar-refractivity contribution < 1.29 is 4.74 Å². The van der Waals surface area contributed by atoms with Crippen molar-refractivity contribution in [3.63, 3.8) is 0 Å². The van der Waals surface area contributed by atoms with Crippen LogP contribution in [0.25, 0.3) is 0 Å². The average Bonchev–Trinajstić information content (AvgIpc) is 2.46. The van der Waals surface area contributed by atoms with Crippen LogP contribution in [0, 0.1) is 5.41 Å². The quantitative estimate of drug-likeness (QED) is 0.690. The van der Waals surface area contributed by atoms with E-state index in [0.29, 0.717) is 0 Å². The molecule has 0 atom stereocenters. The van der Waals surface area contributed by atoms with E-state index >= 15 is 0 Å². The van der Waals surface area contributed by atoms with Crippen molar-refractivity contribution in [3.8, 4) is 5.75 Å². The van der Waals surface area contributed by atoms with E-state index < -0.39 is 0 Å². The number of anilines is 1. The van der Waals surface area contributed by atoms with Crippen LogP contribution in [0.1, 0.15) is 34.1 Å². The maximum Gasteiger partial charge on any atom is 0.119 e. The number of ether oxygens (including phenoxy) is 1. The lowest BCUT2D eigenvalue weighted by Gasteiger charge is -2.21. The van der Waals surface area contributed by atoms with Crippen LogP contribution >= 0.6 is 0 Å². The number of nitrogens with one attached hydrogen (secondary N) is 2. The predicted octanol–water partition coefficient (Wildman–Crippen LogP) is 5.06. The molecule has 0 radical (unpaired) electrons. The van der Waals surface area contributed by atoms with Gasteiger partial charge in [-0.3, -0.25) is 0 Å². The molecule has 22 heavy (non-hydrogen) atoms. The minimum absolute atomic E-state index is 0.0623. The zero-order valence-corrected chi connectivity index (χ0v) is 14.4. The molecule has 0 amide bonds. The second kappa shape index (κ2) is 7.74. The Kier molecular flexibility index (Phi) is 6.29. The van der Waals surface area contributed by atoms with Crippen LogP contribution in [-0.4, -0.2) is 7.11 Å². The number of hydrogen-bond donors (Lipinski definition) is 2. The Bertz CT molecular complexity index is 548. The third kappa shape index (κ3) is 5.68. The van der Waals surface area contributed by atoms with Gasteiger partial charge in [0.15, 0.2) is 0 Å². The minimum Gasteiger partial charge on any atom is -0.497 e. The molecule has 1 aromatic carbocycles. The van der Waals surface area contributed by atoms with E-state index in [1.54, 1.807) is 7.11 Å². The first kappa shape index (κ1) is 17.9. The SMILES string of the molecule is C=C(N/C(=C/C(=C)C(C)(C)C)CC)Nc1ccc(OC)cc1. The standard InChI is InChI=1S/C19H28N2O/c1-8-16(13-14(2)19(4,5)6)20-15(3)21-17-9-11-18(22-7)12-10-17/h9-13,20-21H,2-3,8H2,1,4-7H3/b16-13+. The minimum atomic E-state index is 0.0623. The Hall–Kier alpha value is -2.16. The normalized spacial score (nSPS) is 11.8. The fourth-order valence-electron chi connectivity index (χ4n) is 1.73. The summed E-state index contributed by atoms with van der Waals surface area (Å²) in [5.41, 5.74) is 3.20. The van der Waals surface area contributed by atoms with Crippen LogP contribution in [-0.2, 0) is 0 Å². The molecule has 0 unspecified atom stereocenters. The van der Waals surface area contributed by atoms with Crippen LogP contribution in [0.2, 0.25) is 0 Å². The molecule has 0 saturated heterocycles. The van der Waals surface area contributed by atoms with Gasteiger partial charge in [0.25, 0.3) is 0 Å². The van der Waals surface area contributed by atoms with Crippen molar-refractivity contribution in [2.24, 2.45) is 5.41 Å². The highest BCUT2D eigenvalue weighted by molar-refractivity contribution is 5.50. The molecule has 1 aromatic rings. The number of methoxy groups -OCH3 is 1. The van der Waals surface area contributed by atoms with Gasteiger partial charge < -0.3 is 15.4 Å². The smallest absolute Gasteiger partial charge is 0.119 e. The average molecular weight is 300 g/mol. The van der Waals surface area contributed by atoms with Crippen molar-refractivity contribution in [2.75, 3.05) is 12.4 Å². The largest absolute Gasteiger partial charge is 0.497 e. The molecule has 1 rings (SSSR count). The van der Waals surface area contributed by atoms with Gasteiger partial charge in [0, 0.05) is 11.4 Å². The Labute approximate surface area is 134 Å². The Morgan fingerprint density at radius 2 is 1.77 bits per heavy atom. The van der Waals surface area contributed by atoms with Crippen molar-refractivity contribution >= 4 is 5.69 Å². The van der Waals surface area contributed by atoms with Gasteiger partial charge >= 0.3 is 0 Å². The highest BCUT2D eigenvalue weighted by atomic mass is 16.5. The van der Waals surface area contributed by atoms with E-state index in [1.807, 2.05) is 24.3 Å². The van der Waals surface area contributed by atoms with E-state index in [9.17, 15) is 0 Å². The Balaban J connectivity index is 2.68. The summed E-state index contributed by atoms with van der Waals surface area (Å²) in [7, 11) is 1.66. The summed E-state index contributed by atoms with van der Waals surface area (Å²) in [6.07, 6.45) is 2.99. The molecular weight excluding hydrogens is 272 g/mol. The van der Waals surface area contributed by atoms with Crippen molar-refractivity contribution in [2.45, 2.75) is 34.1 Å². The highest BCUT2D eigenvalue weighted by Gasteiger charge is 2.13. The van der Waals surface area contributed by atoms with Gasteiger partial charge in [-0.05, 0) is 47.8 Å². The number of benzene rings is 1. The number of rotatable bonds is 7. The summed E-state index contributed by atoms with van der Waals surface area (Å²) in [5.74, 6) is 1.57. The zero-order chi connectivity index (χ0) is 16.8. The van der Waals surface area contributed by atoms with Crippen molar-refractivity contribution in [3.05, 3.63) is 60.6 Å². The summed E-state index contributed by atoms with van der Waals surface area (Å²) in [4.78, 5) is 0. The van der Waals surface area contributed by atoms with Crippen LogP contribution in [0.4, 0.5) is 5.69 Å². The monoisotopic (exact) mass is 300 g/mol. The van der Waals surface area contributed by atoms with Crippen LogP contribution < -0.4 is 15.4 Å². The summed E-state index contributed by atoms with van der Waals surface area (Å²) >= 11 is 0. The molecule has 0 aromatic heterocycles. The van der Waals surface area contributed by atoms with Gasteiger partial charge in [-0.2, -0.15) is 0 Å². The van der Waals surface area contributed by atoms with E-state index in [-0.39, 0.29) is 5.41 Å². The van der Waals surface area contributed by atoms with Gasteiger partial charge in [0.05, 0.1) is 12.9 Å². The van der Waals surface area contributed by atoms with E-state index in [1.165, 1.54) is 0 Å². The van der Waals surface area contributed by atoms with E-state index in [0.717, 1.165) is 34.9 Å². The Morgan fingerprint density at radius 3 is 2.23 bits per heavy atom. The molecule has 0 bridgehead atoms. The summed E-state index contributed by atoms with van der Waals surface area (Å²) in [6, 6.07) is 7.73. The lowest BCUT2D eigenvalue weighted by atomic mass is 9.87. The summed E-state index contributed by atoms with van der Waals surface area (Å²) < 4.78 is 5.15. The van der Waals surface area contributed by atoms with Gasteiger partial charge in [-0.15, -0.1) is 0 Å². The fraction of sp³-hybridized carbons (Fsp3) is 0.368. The van der Waals surface area contributed by atoms with Crippen LogP contribution in [0.5, 0.6) is 5.75 Å². The van der Waals surface area contributed by atoms with E-state index in [2.05, 4.69) is 57.6 Å². The zero-order valence-electron chi connectivity index (χ0n) is 14.4. The third-order valence-corrected chi connectivity index (χ3v) is 3.39. The molecule has 0 fully saturated rings. The van der Waals surface area contributed by atoms with E-state index in [4.69, 9.17) is 4.74 Å². The fourth-order valence-corrected chi connectivity index (χ4v) is 1.73.